The van der Waals surface area contributed by atoms with Crippen molar-refractivity contribution in [3.8, 4) is 0 Å². The van der Waals surface area contributed by atoms with Crippen molar-refractivity contribution < 1.29 is 9.53 Å². The molecule has 0 radical (unpaired) electrons. The minimum Gasteiger partial charge on any atom is -0.466 e. The van der Waals surface area contributed by atoms with Crippen molar-refractivity contribution in [3.05, 3.63) is 12.2 Å². The standard InChI is InChI=1S/C12H21NO2/c1-3-5-8-13-9-6-7-11(10-13)12(14)15-4-2/h3,5,11H,4,6-10H2,1-2H3/b5-3+/t11-/m0/s1. The van der Waals surface area contributed by atoms with Crippen molar-refractivity contribution in [2.75, 3.05) is 26.2 Å². The lowest BCUT2D eigenvalue weighted by molar-refractivity contribution is -0.149. The Morgan fingerprint density at radius 2 is 2.40 bits per heavy atom. The molecular formula is C12H21NO2. The number of hydrogen-bond donors (Lipinski definition) is 0. The van der Waals surface area contributed by atoms with Crippen LogP contribution >= 0.6 is 0 Å². The van der Waals surface area contributed by atoms with Crippen molar-refractivity contribution >= 4 is 5.97 Å². The van der Waals surface area contributed by atoms with Gasteiger partial charge in [-0.2, -0.15) is 0 Å². The lowest BCUT2D eigenvalue weighted by Gasteiger charge is -2.30. The predicted molar refractivity (Wildman–Crippen MR) is 60.6 cm³/mol. The summed E-state index contributed by atoms with van der Waals surface area (Å²) in [4.78, 5) is 13.9. The third-order valence-electron chi connectivity index (χ3n) is 2.72. The van der Waals surface area contributed by atoms with Crippen LogP contribution in [0.25, 0.3) is 0 Å². The number of nitrogens with zero attached hydrogens (tertiary/aromatic N) is 1. The van der Waals surface area contributed by atoms with E-state index >= 15 is 0 Å². The summed E-state index contributed by atoms with van der Waals surface area (Å²) >= 11 is 0. The van der Waals surface area contributed by atoms with Gasteiger partial charge in [0.1, 0.15) is 0 Å². The van der Waals surface area contributed by atoms with E-state index in [0.29, 0.717) is 6.61 Å². The molecule has 3 nitrogen and oxygen atoms in total. The second-order valence-corrected chi connectivity index (χ2v) is 3.92. The molecule has 86 valence electrons. The third kappa shape index (κ3) is 4.04. The molecule has 0 unspecified atom stereocenters. The summed E-state index contributed by atoms with van der Waals surface area (Å²) in [6.07, 6.45) is 6.26. The molecule has 1 aliphatic rings. The molecule has 0 aromatic rings. The van der Waals surface area contributed by atoms with Crippen LogP contribution in [0.4, 0.5) is 0 Å². The van der Waals surface area contributed by atoms with Crippen LogP contribution in [0.5, 0.6) is 0 Å². The Morgan fingerprint density at radius 1 is 1.60 bits per heavy atom. The topological polar surface area (TPSA) is 29.5 Å². The normalized spacial score (nSPS) is 23.2. The van der Waals surface area contributed by atoms with Crippen LogP contribution in [0.3, 0.4) is 0 Å². The zero-order valence-corrected chi connectivity index (χ0v) is 9.74. The fourth-order valence-electron chi connectivity index (χ4n) is 1.93. The Hall–Kier alpha value is -0.830. The molecule has 1 heterocycles. The number of hydrogen-bond acceptors (Lipinski definition) is 3. The maximum atomic E-state index is 11.6. The fraction of sp³-hybridized carbons (Fsp3) is 0.750. The molecule has 0 amide bonds. The second-order valence-electron chi connectivity index (χ2n) is 3.92. The van der Waals surface area contributed by atoms with E-state index in [4.69, 9.17) is 4.74 Å². The van der Waals surface area contributed by atoms with Crippen LogP contribution in [-0.2, 0) is 9.53 Å². The van der Waals surface area contributed by atoms with E-state index in [1.165, 1.54) is 0 Å². The Morgan fingerprint density at radius 3 is 3.07 bits per heavy atom. The van der Waals surface area contributed by atoms with E-state index in [9.17, 15) is 4.79 Å². The number of ether oxygens (including phenoxy) is 1. The van der Waals surface area contributed by atoms with Crippen molar-refractivity contribution in [2.45, 2.75) is 26.7 Å². The minimum atomic E-state index is -0.0253. The van der Waals surface area contributed by atoms with Crippen LogP contribution in [0.1, 0.15) is 26.7 Å². The zero-order valence-electron chi connectivity index (χ0n) is 9.74. The van der Waals surface area contributed by atoms with Crippen LogP contribution in [-0.4, -0.2) is 37.1 Å². The van der Waals surface area contributed by atoms with Gasteiger partial charge >= 0.3 is 5.97 Å². The predicted octanol–water partition coefficient (Wildman–Crippen LogP) is 1.84. The molecule has 15 heavy (non-hydrogen) atoms. The number of piperidine rings is 1. The second kappa shape index (κ2) is 6.62. The first-order valence-electron chi connectivity index (χ1n) is 5.78. The monoisotopic (exact) mass is 211 g/mol. The molecule has 0 N–H and O–H groups in total. The van der Waals surface area contributed by atoms with Crippen molar-refractivity contribution in [1.29, 1.82) is 0 Å². The summed E-state index contributed by atoms with van der Waals surface area (Å²) in [5.74, 6) is 0.0617. The van der Waals surface area contributed by atoms with Crippen molar-refractivity contribution in [1.82, 2.24) is 4.90 Å². The number of likely N-dealkylation sites (tertiary alicyclic amines) is 1. The first-order chi connectivity index (χ1) is 7.27. The Labute approximate surface area is 92.1 Å². The van der Waals surface area contributed by atoms with Crippen LogP contribution in [0.2, 0.25) is 0 Å². The van der Waals surface area contributed by atoms with Crippen LogP contribution in [0.15, 0.2) is 12.2 Å². The van der Waals surface area contributed by atoms with E-state index in [1.807, 2.05) is 19.9 Å². The Balaban J connectivity index is 2.37. The van der Waals surface area contributed by atoms with Gasteiger partial charge in [-0.3, -0.25) is 9.69 Å². The largest absolute Gasteiger partial charge is 0.466 e. The van der Waals surface area contributed by atoms with E-state index in [1.54, 1.807) is 0 Å². The molecule has 1 rings (SSSR count). The van der Waals surface area contributed by atoms with Crippen LogP contribution in [0, 0.1) is 5.92 Å². The van der Waals surface area contributed by atoms with Gasteiger partial charge in [0.25, 0.3) is 0 Å². The van der Waals surface area contributed by atoms with Gasteiger partial charge in [0.2, 0.25) is 0 Å². The molecule has 1 atom stereocenters. The summed E-state index contributed by atoms with van der Waals surface area (Å²) in [6, 6.07) is 0. The number of carbonyl (C=O) groups is 1. The van der Waals surface area contributed by atoms with Gasteiger partial charge in [-0.25, -0.2) is 0 Å². The van der Waals surface area contributed by atoms with Gasteiger partial charge in [0, 0.05) is 13.1 Å². The van der Waals surface area contributed by atoms with Gasteiger partial charge < -0.3 is 4.74 Å². The fourth-order valence-corrected chi connectivity index (χ4v) is 1.93. The molecular weight excluding hydrogens is 190 g/mol. The van der Waals surface area contributed by atoms with Gasteiger partial charge in [0.05, 0.1) is 12.5 Å². The summed E-state index contributed by atoms with van der Waals surface area (Å²) in [5.41, 5.74) is 0. The Bertz CT molecular complexity index is 226. The molecule has 1 fully saturated rings. The quantitative estimate of drug-likeness (QED) is 0.525. The molecule has 0 bridgehead atoms. The first-order valence-corrected chi connectivity index (χ1v) is 5.78. The first kappa shape index (κ1) is 12.2. The number of rotatable bonds is 4. The molecule has 1 aliphatic heterocycles. The van der Waals surface area contributed by atoms with Crippen LogP contribution < -0.4 is 0 Å². The molecule has 3 heteroatoms. The summed E-state index contributed by atoms with van der Waals surface area (Å²) in [6.45, 7) is 7.27. The highest BCUT2D eigenvalue weighted by atomic mass is 16.5. The average molecular weight is 211 g/mol. The van der Waals surface area contributed by atoms with Gasteiger partial charge in [0.15, 0.2) is 0 Å². The number of carbonyl (C=O) groups excluding carboxylic acids is 1. The molecule has 1 saturated heterocycles. The smallest absolute Gasteiger partial charge is 0.310 e. The summed E-state index contributed by atoms with van der Waals surface area (Å²) in [5, 5.41) is 0. The van der Waals surface area contributed by atoms with E-state index < -0.39 is 0 Å². The average Bonchev–Trinajstić information content (AvgIpc) is 2.27. The van der Waals surface area contributed by atoms with E-state index in [0.717, 1.165) is 32.5 Å². The zero-order chi connectivity index (χ0) is 11.1. The summed E-state index contributed by atoms with van der Waals surface area (Å²) in [7, 11) is 0. The lowest BCUT2D eigenvalue weighted by Crippen LogP contribution is -2.39. The minimum absolute atomic E-state index is 0.0253. The summed E-state index contributed by atoms with van der Waals surface area (Å²) < 4.78 is 5.05. The molecule has 0 spiro atoms. The van der Waals surface area contributed by atoms with Crippen molar-refractivity contribution in [2.24, 2.45) is 5.92 Å². The maximum Gasteiger partial charge on any atom is 0.310 e. The Kier molecular flexibility index (Phi) is 5.40. The SMILES string of the molecule is C/C=C/CN1CCC[C@H](C(=O)OCC)C1. The van der Waals surface area contributed by atoms with Crippen molar-refractivity contribution in [3.63, 3.8) is 0 Å². The highest BCUT2D eigenvalue weighted by Crippen LogP contribution is 2.17. The number of esters is 1. The van der Waals surface area contributed by atoms with E-state index in [-0.39, 0.29) is 11.9 Å². The molecule has 0 saturated carbocycles. The molecule has 0 aromatic heterocycles. The highest BCUT2D eigenvalue weighted by molar-refractivity contribution is 5.72. The van der Waals surface area contributed by atoms with E-state index in [2.05, 4.69) is 11.0 Å². The molecule has 0 aromatic carbocycles. The van der Waals surface area contributed by atoms with Gasteiger partial charge in [-0.15, -0.1) is 0 Å². The lowest BCUT2D eigenvalue weighted by atomic mass is 9.98. The third-order valence-corrected chi connectivity index (χ3v) is 2.72. The highest BCUT2D eigenvalue weighted by Gasteiger charge is 2.25. The van der Waals surface area contributed by atoms with Gasteiger partial charge in [-0.1, -0.05) is 12.2 Å². The molecule has 0 aliphatic carbocycles. The number of allylic oxidation sites excluding steroid dienone is 1. The maximum absolute atomic E-state index is 11.6. The van der Waals surface area contributed by atoms with Gasteiger partial charge in [-0.05, 0) is 33.2 Å².